The summed E-state index contributed by atoms with van der Waals surface area (Å²) in [6, 6.07) is 12.9. The molecule has 0 radical (unpaired) electrons. The number of aromatic nitrogens is 1. The van der Waals surface area contributed by atoms with E-state index in [1.54, 1.807) is 17.0 Å². The Bertz CT molecular complexity index is 876. The largest absolute Gasteiger partial charge is 0.356 e. The number of anilines is 1. The minimum absolute atomic E-state index is 0.205. The molecule has 1 aromatic heterocycles. The fourth-order valence-corrected chi connectivity index (χ4v) is 2.76. The summed E-state index contributed by atoms with van der Waals surface area (Å²) >= 11 is 6.01. The number of benzene rings is 2. The molecule has 3 aromatic rings. The first-order chi connectivity index (χ1) is 11.6. The van der Waals surface area contributed by atoms with Gasteiger partial charge in [0.05, 0.1) is 6.54 Å². The molecule has 0 aliphatic rings. The zero-order valence-corrected chi connectivity index (χ0v) is 14.3. The van der Waals surface area contributed by atoms with E-state index in [0.717, 1.165) is 16.6 Å². The number of urea groups is 1. The standard InChI is InChI=1S/C18H18ClN3O2/c1-3-22(14-6-4-5-13(19)10-14)18(23)20-11-16-15-9-12(2)7-8-17(15)24-21-16/h4-10H,3,11H2,1-2H3,(H,20,23). The quantitative estimate of drug-likeness (QED) is 0.757. The fourth-order valence-electron chi connectivity index (χ4n) is 2.57. The lowest BCUT2D eigenvalue weighted by molar-refractivity contribution is 0.246. The van der Waals surface area contributed by atoms with E-state index in [4.69, 9.17) is 16.1 Å². The van der Waals surface area contributed by atoms with Gasteiger partial charge in [-0.2, -0.15) is 0 Å². The number of fused-ring (bicyclic) bond motifs is 1. The highest BCUT2D eigenvalue weighted by molar-refractivity contribution is 6.30. The highest BCUT2D eigenvalue weighted by Crippen LogP contribution is 2.21. The molecule has 1 heterocycles. The van der Waals surface area contributed by atoms with Crippen LogP contribution in [0, 0.1) is 6.92 Å². The van der Waals surface area contributed by atoms with Gasteiger partial charge >= 0.3 is 6.03 Å². The molecule has 0 spiro atoms. The summed E-state index contributed by atoms with van der Waals surface area (Å²) in [7, 11) is 0. The lowest BCUT2D eigenvalue weighted by Crippen LogP contribution is -2.39. The van der Waals surface area contributed by atoms with E-state index >= 15 is 0 Å². The second kappa shape index (κ2) is 6.93. The molecule has 24 heavy (non-hydrogen) atoms. The fraction of sp³-hybridized carbons (Fsp3) is 0.222. The first-order valence-electron chi connectivity index (χ1n) is 7.74. The van der Waals surface area contributed by atoms with Crippen LogP contribution in [0.2, 0.25) is 5.02 Å². The maximum atomic E-state index is 12.5. The third kappa shape index (κ3) is 3.36. The number of rotatable bonds is 4. The van der Waals surface area contributed by atoms with E-state index in [9.17, 15) is 4.79 Å². The second-order valence-corrected chi connectivity index (χ2v) is 5.95. The molecule has 0 atom stereocenters. The van der Waals surface area contributed by atoms with E-state index < -0.39 is 0 Å². The van der Waals surface area contributed by atoms with Crippen LogP contribution >= 0.6 is 11.6 Å². The maximum absolute atomic E-state index is 12.5. The van der Waals surface area contributed by atoms with Crippen LogP contribution in [0.25, 0.3) is 11.0 Å². The molecule has 124 valence electrons. The zero-order chi connectivity index (χ0) is 17.1. The maximum Gasteiger partial charge on any atom is 0.322 e. The van der Waals surface area contributed by atoms with Crippen molar-refractivity contribution in [2.75, 3.05) is 11.4 Å². The van der Waals surface area contributed by atoms with Crippen molar-refractivity contribution in [1.29, 1.82) is 0 Å². The Morgan fingerprint density at radius 3 is 2.88 bits per heavy atom. The Morgan fingerprint density at radius 1 is 1.29 bits per heavy atom. The predicted octanol–water partition coefficient (Wildman–Crippen LogP) is 4.53. The molecule has 1 N–H and O–H groups in total. The Hall–Kier alpha value is -2.53. The van der Waals surface area contributed by atoms with Gasteiger partial charge in [-0.3, -0.25) is 4.90 Å². The predicted molar refractivity (Wildman–Crippen MR) is 95.5 cm³/mol. The van der Waals surface area contributed by atoms with Crippen molar-refractivity contribution >= 4 is 34.3 Å². The third-order valence-electron chi connectivity index (χ3n) is 3.79. The van der Waals surface area contributed by atoms with Crippen molar-refractivity contribution in [3.05, 3.63) is 58.7 Å². The number of amides is 2. The van der Waals surface area contributed by atoms with E-state index in [0.29, 0.717) is 29.4 Å². The Balaban J connectivity index is 1.75. The summed E-state index contributed by atoms with van der Waals surface area (Å²) in [5.74, 6) is 0. The number of carbonyl (C=O) groups excluding carboxylic acids is 1. The molecule has 0 aliphatic heterocycles. The highest BCUT2D eigenvalue weighted by Gasteiger charge is 2.15. The van der Waals surface area contributed by atoms with Crippen molar-refractivity contribution in [2.24, 2.45) is 0 Å². The molecule has 0 saturated carbocycles. The zero-order valence-electron chi connectivity index (χ0n) is 13.5. The number of nitrogens with zero attached hydrogens (tertiary/aromatic N) is 2. The number of carbonyl (C=O) groups is 1. The number of hydrogen-bond donors (Lipinski definition) is 1. The molecule has 0 bridgehead atoms. The van der Waals surface area contributed by atoms with Gasteiger partial charge < -0.3 is 9.84 Å². The third-order valence-corrected chi connectivity index (χ3v) is 4.02. The highest BCUT2D eigenvalue weighted by atomic mass is 35.5. The lowest BCUT2D eigenvalue weighted by Gasteiger charge is -2.21. The lowest BCUT2D eigenvalue weighted by atomic mass is 10.1. The summed E-state index contributed by atoms with van der Waals surface area (Å²) < 4.78 is 5.29. The van der Waals surface area contributed by atoms with Crippen molar-refractivity contribution in [3.63, 3.8) is 0 Å². The van der Waals surface area contributed by atoms with Gasteiger partial charge in [0.15, 0.2) is 5.58 Å². The molecular weight excluding hydrogens is 326 g/mol. The van der Waals surface area contributed by atoms with Gasteiger partial charge in [0, 0.05) is 22.6 Å². The van der Waals surface area contributed by atoms with E-state index in [1.807, 2.05) is 44.2 Å². The summed E-state index contributed by atoms with van der Waals surface area (Å²) in [6.07, 6.45) is 0. The Labute approximate surface area is 145 Å². The van der Waals surface area contributed by atoms with Gasteiger partial charge in [-0.15, -0.1) is 0 Å². The molecule has 0 fully saturated rings. The summed E-state index contributed by atoms with van der Waals surface area (Å²) in [5, 5.41) is 8.45. The molecule has 3 rings (SSSR count). The van der Waals surface area contributed by atoms with Gasteiger partial charge in [0.2, 0.25) is 0 Å². The number of halogens is 1. The molecule has 2 amide bonds. The smallest absolute Gasteiger partial charge is 0.322 e. The molecule has 0 saturated heterocycles. The van der Waals surface area contributed by atoms with E-state index in [-0.39, 0.29) is 6.03 Å². The van der Waals surface area contributed by atoms with Crippen LogP contribution in [0.5, 0.6) is 0 Å². The monoisotopic (exact) mass is 343 g/mol. The van der Waals surface area contributed by atoms with Gasteiger partial charge in [-0.25, -0.2) is 4.79 Å². The van der Waals surface area contributed by atoms with Crippen LogP contribution in [0.1, 0.15) is 18.2 Å². The van der Waals surface area contributed by atoms with Crippen LogP contribution < -0.4 is 10.2 Å². The van der Waals surface area contributed by atoms with Crippen LogP contribution in [0.3, 0.4) is 0 Å². The van der Waals surface area contributed by atoms with Crippen molar-refractivity contribution in [2.45, 2.75) is 20.4 Å². The first kappa shape index (κ1) is 16.3. The Morgan fingerprint density at radius 2 is 2.12 bits per heavy atom. The minimum atomic E-state index is -0.205. The van der Waals surface area contributed by atoms with Crippen LogP contribution in [0.4, 0.5) is 10.5 Å². The van der Waals surface area contributed by atoms with Crippen LogP contribution in [-0.2, 0) is 6.54 Å². The SMILES string of the molecule is CCN(C(=O)NCc1noc2ccc(C)cc12)c1cccc(Cl)c1. The molecule has 5 nitrogen and oxygen atoms in total. The van der Waals surface area contributed by atoms with Gasteiger partial charge in [0.1, 0.15) is 5.69 Å². The van der Waals surface area contributed by atoms with Crippen LogP contribution in [-0.4, -0.2) is 17.7 Å². The van der Waals surface area contributed by atoms with Gasteiger partial charge in [0.25, 0.3) is 0 Å². The van der Waals surface area contributed by atoms with Crippen LogP contribution in [0.15, 0.2) is 47.0 Å². The topological polar surface area (TPSA) is 58.4 Å². The van der Waals surface area contributed by atoms with Crippen molar-refractivity contribution in [3.8, 4) is 0 Å². The Kier molecular flexibility index (Phi) is 4.71. The average Bonchev–Trinajstić information content (AvgIpc) is 2.96. The summed E-state index contributed by atoms with van der Waals surface area (Å²) in [5.41, 5.74) is 3.30. The molecule has 2 aromatic carbocycles. The van der Waals surface area contributed by atoms with E-state index in [1.165, 1.54) is 0 Å². The van der Waals surface area contributed by atoms with Gasteiger partial charge in [-0.05, 0) is 44.2 Å². The molecule has 0 aliphatic carbocycles. The minimum Gasteiger partial charge on any atom is -0.356 e. The summed E-state index contributed by atoms with van der Waals surface area (Å²) in [6.45, 7) is 4.75. The second-order valence-electron chi connectivity index (χ2n) is 5.51. The molecular formula is C18H18ClN3O2. The number of aryl methyl sites for hydroxylation is 1. The summed E-state index contributed by atoms with van der Waals surface area (Å²) in [4.78, 5) is 14.1. The number of hydrogen-bond acceptors (Lipinski definition) is 3. The molecule has 0 unspecified atom stereocenters. The number of nitrogens with one attached hydrogen (secondary N) is 1. The first-order valence-corrected chi connectivity index (χ1v) is 8.12. The van der Waals surface area contributed by atoms with E-state index in [2.05, 4.69) is 10.5 Å². The average molecular weight is 344 g/mol. The van der Waals surface area contributed by atoms with Gasteiger partial charge in [-0.1, -0.05) is 34.5 Å². The molecule has 6 heteroatoms. The van der Waals surface area contributed by atoms with Crippen molar-refractivity contribution < 1.29 is 9.32 Å². The normalized spacial score (nSPS) is 10.8. The van der Waals surface area contributed by atoms with Crippen molar-refractivity contribution in [1.82, 2.24) is 10.5 Å².